The fourth-order valence-electron chi connectivity index (χ4n) is 1.19. The van der Waals surface area contributed by atoms with Gasteiger partial charge in [-0.3, -0.25) is 0 Å². The van der Waals surface area contributed by atoms with E-state index in [1.54, 1.807) is 19.2 Å². The number of nitrogens with one attached hydrogen (secondary N) is 1. The predicted molar refractivity (Wildman–Crippen MR) is 50.9 cm³/mol. The molecule has 5 heteroatoms. The molecule has 72 valence electrons. The molecule has 1 N–H and O–H groups in total. The summed E-state index contributed by atoms with van der Waals surface area (Å²) >= 11 is 0. The minimum absolute atomic E-state index is 0.305. The maximum atomic E-state index is 13.3. The van der Waals surface area contributed by atoms with Gasteiger partial charge in [0.2, 0.25) is 0 Å². The minimum atomic E-state index is -0.305. The molecule has 0 unspecified atom stereocenters. The Morgan fingerprint density at radius 3 is 2.86 bits per heavy atom. The first kappa shape index (κ1) is 8.68. The average Bonchev–Trinajstić information content (AvgIpc) is 2.70. The number of hydrogen-bond donors (Lipinski definition) is 1. The van der Waals surface area contributed by atoms with Crippen LogP contribution in [0.4, 0.5) is 10.1 Å². The highest BCUT2D eigenvalue weighted by Gasteiger charge is 2.02. The van der Waals surface area contributed by atoms with Gasteiger partial charge in [0, 0.05) is 13.1 Å². The van der Waals surface area contributed by atoms with Gasteiger partial charge in [-0.1, -0.05) is 0 Å². The second-order valence-electron chi connectivity index (χ2n) is 2.75. The summed E-state index contributed by atoms with van der Waals surface area (Å²) in [5.74, 6) is -0.305. The highest BCUT2D eigenvalue weighted by molar-refractivity contribution is 5.49. The van der Waals surface area contributed by atoms with Crippen LogP contribution < -0.4 is 5.32 Å². The number of halogens is 1. The Morgan fingerprint density at radius 1 is 1.43 bits per heavy atom. The fourth-order valence-corrected chi connectivity index (χ4v) is 1.19. The van der Waals surface area contributed by atoms with Gasteiger partial charge in [-0.05, 0) is 12.1 Å². The molecule has 0 saturated carbocycles. The topological polar surface area (TPSA) is 42.7 Å². The molecule has 0 aliphatic heterocycles. The highest BCUT2D eigenvalue weighted by Crippen LogP contribution is 2.16. The van der Waals surface area contributed by atoms with Crippen LogP contribution in [0.3, 0.4) is 0 Å². The molecule has 2 aromatic rings. The molecule has 14 heavy (non-hydrogen) atoms. The van der Waals surface area contributed by atoms with E-state index in [2.05, 4.69) is 15.4 Å². The lowest BCUT2D eigenvalue weighted by Gasteiger charge is -2.04. The van der Waals surface area contributed by atoms with E-state index >= 15 is 0 Å². The van der Waals surface area contributed by atoms with Gasteiger partial charge >= 0.3 is 0 Å². The SMILES string of the molecule is CNc1ccc(-n2cncn2)cc1F. The molecule has 4 nitrogen and oxygen atoms in total. The molecule has 0 fully saturated rings. The normalized spacial score (nSPS) is 10.1. The smallest absolute Gasteiger partial charge is 0.148 e. The quantitative estimate of drug-likeness (QED) is 0.783. The Morgan fingerprint density at radius 2 is 2.29 bits per heavy atom. The van der Waals surface area contributed by atoms with Crippen molar-refractivity contribution in [2.24, 2.45) is 0 Å². The number of nitrogens with zero attached hydrogens (tertiary/aromatic N) is 3. The van der Waals surface area contributed by atoms with Crippen LogP contribution in [0, 0.1) is 5.82 Å². The molecule has 0 amide bonds. The minimum Gasteiger partial charge on any atom is -0.386 e. The van der Waals surface area contributed by atoms with E-state index in [1.807, 2.05) is 0 Å². The summed E-state index contributed by atoms with van der Waals surface area (Å²) in [5.41, 5.74) is 1.12. The third-order valence-electron chi connectivity index (χ3n) is 1.91. The van der Waals surface area contributed by atoms with Crippen LogP contribution in [-0.2, 0) is 0 Å². The fraction of sp³-hybridized carbons (Fsp3) is 0.111. The molecule has 1 aromatic carbocycles. The number of aromatic nitrogens is 3. The van der Waals surface area contributed by atoms with Crippen molar-refractivity contribution in [2.75, 3.05) is 12.4 Å². The summed E-state index contributed by atoms with van der Waals surface area (Å²) in [5, 5.41) is 6.65. The summed E-state index contributed by atoms with van der Waals surface area (Å²) in [6, 6.07) is 4.83. The summed E-state index contributed by atoms with van der Waals surface area (Å²) in [7, 11) is 1.67. The molecule has 0 atom stereocenters. The zero-order chi connectivity index (χ0) is 9.97. The van der Waals surface area contributed by atoms with Crippen molar-refractivity contribution in [2.45, 2.75) is 0 Å². The lowest BCUT2D eigenvalue weighted by atomic mass is 10.2. The molecular weight excluding hydrogens is 183 g/mol. The van der Waals surface area contributed by atoms with Gasteiger partial charge < -0.3 is 5.32 Å². The lowest BCUT2D eigenvalue weighted by Crippen LogP contribution is -1.98. The number of benzene rings is 1. The van der Waals surface area contributed by atoms with Crippen LogP contribution in [0.5, 0.6) is 0 Å². The summed E-state index contributed by atoms with van der Waals surface area (Å²) in [6.07, 6.45) is 2.93. The Bertz CT molecular complexity index is 424. The van der Waals surface area contributed by atoms with E-state index < -0.39 is 0 Å². The van der Waals surface area contributed by atoms with E-state index in [1.165, 1.54) is 23.4 Å². The predicted octanol–water partition coefficient (Wildman–Crippen LogP) is 1.45. The monoisotopic (exact) mass is 192 g/mol. The van der Waals surface area contributed by atoms with Crippen molar-refractivity contribution in [3.05, 3.63) is 36.7 Å². The first-order valence-electron chi connectivity index (χ1n) is 4.13. The number of hydrogen-bond acceptors (Lipinski definition) is 3. The summed E-state index contributed by atoms with van der Waals surface area (Å²) in [6.45, 7) is 0. The molecule has 0 spiro atoms. The largest absolute Gasteiger partial charge is 0.386 e. The Labute approximate surface area is 80.4 Å². The van der Waals surface area contributed by atoms with Crippen LogP contribution in [0.15, 0.2) is 30.9 Å². The van der Waals surface area contributed by atoms with E-state index in [-0.39, 0.29) is 5.82 Å². The van der Waals surface area contributed by atoms with Crippen molar-refractivity contribution < 1.29 is 4.39 Å². The average molecular weight is 192 g/mol. The van der Waals surface area contributed by atoms with E-state index in [9.17, 15) is 4.39 Å². The zero-order valence-electron chi connectivity index (χ0n) is 7.61. The van der Waals surface area contributed by atoms with Gasteiger partial charge in [-0.15, -0.1) is 0 Å². The summed E-state index contributed by atoms with van der Waals surface area (Å²) < 4.78 is 14.8. The van der Waals surface area contributed by atoms with Crippen LogP contribution >= 0.6 is 0 Å². The second kappa shape index (κ2) is 3.45. The van der Waals surface area contributed by atoms with Crippen molar-refractivity contribution >= 4 is 5.69 Å². The van der Waals surface area contributed by atoms with Crippen LogP contribution in [-0.4, -0.2) is 21.8 Å². The third-order valence-corrected chi connectivity index (χ3v) is 1.91. The first-order valence-corrected chi connectivity index (χ1v) is 4.13. The molecular formula is C9H9FN4. The van der Waals surface area contributed by atoms with Crippen LogP contribution in [0.1, 0.15) is 0 Å². The third kappa shape index (κ3) is 1.44. The molecule has 2 rings (SSSR count). The van der Waals surface area contributed by atoms with Gasteiger partial charge in [0.25, 0.3) is 0 Å². The van der Waals surface area contributed by atoms with Gasteiger partial charge in [-0.25, -0.2) is 14.1 Å². The van der Waals surface area contributed by atoms with Gasteiger partial charge in [0.05, 0.1) is 11.4 Å². The molecule has 0 radical (unpaired) electrons. The molecule has 1 heterocycles. The second-order valence-corrected chi connectivity index (χ2v) is 2.75. The highest BCUT2D eigenvalue weighted by atomic mass is 19.1. The Kier molecular flexibility index (Phi) is 2.14. The lowest BCUT2D eigenvalue weighted by molar-refractivity contribution is 0.629. The van der Waals surface area contributed by atoms with E-state index in [0.29, 0.717) is 11.4 Å². The van der Waals surface area contributed by atoms with E-state index in [4.69, 9.17) is 0 Å². The first-order chi connectivity index (χ1) is 6.81. The molecule has 0 saturated heterocycles. The Balaban J connectivity index is 2.43. The number of anilines is 1. The van der Waals surface area contributed by atoms with Gasteiger partial charge in [-0.2, -0.15) is 5.10 Å². The summed E-state index contributed by atoms with van der Waals surface area (Å²) in [4.78, 5) is 3.78. The molecule has 0 aliphatic rings. The molecule has 0 bridgehead atoms. The standard InChI is InChI=1S/C9H9FN4/c1-11-9-3-2-7(4-8(9)10)14-6-12-5-13-14/h2-6,11H,1H3. The molecule has 1 aromatic heterocycles. The van der Waals surface area contributed by atoms with Gasteiger partial charge in [0.1, 0.15) is 18.5 Å². The van der Waals surface area contributed by atoms with E-state index in [0.717, 1.165) is 0 Å². The van der Waals surface area contributed by atoms with Gasteiger partial charge in [0.15, 0.2) is 0 Å². The van der Waals surface area contributed by atoms with Crippen molar-refractivity contribution in [3.8, 4) is 5.69 Å². The maximum Gasteiger partial charge on any atom is 0.148 e. The molecule has 0 aliphatic carbocycles. The maximum absolute atomic E-state index is 13.3. The van der Waals surface area contributed by atoms with Crippen molar-refractivity contribution in [1.29, 1.82) is 0 Å². The van der Waals surface area contributed by atoms with Crippen LogP contribution in [0.25, 0.3) is 5.69 Å². The van der Waals surface area contributed by atoms with Crippen molar-refractivity contribution in [1.82, 2.24) is 14.8 Å². The number of rotatable bonds is 2. The van der Waals surface area contributed by atoms with Crippen LogP contribution in [0.2, 0.25) is 0 Å². The Hall–Kier alpha value is -1.91. The van der Waals surface area contributed by atoms with Crippen molar-refractivity contribution in [3.63, 3.8) is 0 Å². The zero-order valence-corrected chi connectivity index (χ0v) is 7.61.